The number of nitro benzene ring substituents is 1. The van der Waals surface area contributed by atoms with Crippen LogP contribution in [0.4, 0.5) is 5.69 Å². The second-order valence-corrected chi connectivity index (χ2v) is 8.95. The van der Waals surface area contributed by atoms with Crippen molar-refractivity contribution in [1.82, 2.24) is 0 Å². The highest BCUT2D eigenvalue weighted by Gasteiger charge is 2.50. The summed E-state index contributed by atoms with van der Waals surface area (Å²) in [5.74, 6) is 0.0191. The largest absolute Gasteiger partial charge is 0.487 e. The molecule has 0 bridgehead atoms. The van der Waals surface area contributed by atoms with Crippen LogP contribution in [-0.2, 0) is 4.79 Å². The fourth-order valence-corrected chi connectivity index (χ4v) is 5.29. The lowest BCUT2D eigenvalue weighted by Gasteiger charge is -2.41. The van der Waals surface area contributed by atoms with Gasteiger partial charge in [0, 0.05) is 35.3 Å². The second-order valence-electron chi connectivity index (χ2n) is 8.95. The van der Waals surface area contributed by atoms with Gasteiger partial charge in [-0.25, -0.2) is 0 Å². The third-order valence-corrected chi connectivity index (χ3v) is 7.05. The van der Waals surface area contributed by atoms with Crippen molar-refractivity contribution in [2.45, 2.75) is 71.3 Å². The first kappa shape index (κ1) is 22.2. The Morgan fingerprint density at radius 2 is 2.03 bits per heavy atom. The van der Waals surface area contributed by atoms with Crippen LogP contribution in [0.5, 0.6) is 5.75 Å². The predicted molar refractivity (Wildman–Crippen MR) is 111 cm³/mol. The van der Waals surface area contributed by atoms with E-state index in [9.17, 15) is 25.0 Å². The van der Waals surface area contributed by atoms with Crippen LogP contribution in [0.25, 0.3) is 0 Å². The molecule has 2 unspecified atom stereocenters. The Labute approximate surface area is 176 Å². The number of ether oxygens (including phenoxy) is 1. The number of Topliss-reactive ketones (excluding diaryl/α,β-unsaturated/α-hetero) is 1. The van der Waals surface area contributed by atoms with Crippen molar-refractivity contribution >= 4 is 11.5 Å². The van der Waals surface area contributed by atoms with Crippen LogP contribution in [0.2, 0.25) is 0 Å². The van der Waals surface area contributed by atoms with E-state index in [0.29, 0.717) is 13.0 Å². The Balaban J connectivity index is 1.87. The molecule has 3 rings (SSSR count). The van der Waals surface area contributed by atoms with E-state index >= 15 is 0 Å². The van der Waals surface area contributed by atoms with Crippen LogP contribution in [0, 0.1) is 37.5 Å². The Bertz CT molecular complexity index is 826. The quantitative estimate of drug-likeness (QED) is 0.307. The first-order valence-corrected chi connectivity index (χ1v) is 10.8. The lowest BCUT2D eigenvalue weighted by molar-refractivity contribution is -0.531. The van der Waals surface area contributed by atoms with Crippen molar-refractivity contribution in [3.63, 3.8) is 0 Å². The predicted octanol–water partition coefficient (Wildman–Crippen LogP) is 5.27. The smallest absolute Gasteiger partial charge is 0.311 e. The van der Waals surface area contributed by atoms with Gasteiger partial charge in [-0.2, -0.15) is 0 Å². The number of carbonyl (C=O) groups excluding carboxylic acids is 1. The molecular weight excluding hydrogens is 388 g/mol. The average Bonchev–Trinajstić information content (AvgIpc) is 3.09. The molecule has 0 aliphatic heterocycles. The molecule has 164 valence electrons. The molecule has 2 saturated carbocycles. The summed E-state index contributed by atoms with van der Waals surface area (Å²) in [4.78, 5) is 35.2. The summed E-state index contributed by atoms with van der Waals surface area (Å²) < 4.78 is 5.51. The van der Waals surface area contributed by atoms with Crippen LogP contribution >= 0.6 is 0 Å². The van der Waals surface area contributed by atoms with Gasteiger partial charge in [-0.15, -0.1) is 0 Å². The third-order valence-electron chi connectivity index (χ3n) is 7.05. The van der Waals surface area contributed by atoms with Crippen molar-refractivity contribution in [2.75, 3.05) is 6.61 Å². The molecule has 0 heterocycles. The van der Waals surface area contributed by atoms with E-state index in [2.05, 4.69) is 6.92 Å². The number of hydrogen-bond acceptors (Lipinski definition) is 6. The number of ketones is 1. The zero-order valence-electron chi connectivity index (χ0n) is 17.7. The van der Waals surface area contributed by atoms with Crippen molar-refractivity contribution in [1.29, 1.82) is 0 Å². The van der Waals surface area contributed by atoms with E-state index in [4.69, 9.17) is 4.74 Å². The van der Waals surface area contributed by atoms with Crippen molar-refractivity contribution in [3.05, 3.63) is 44.0 Å². The number of nitro groups is 2. The topological polar surface area (TPSA) is 113 Å². The number of hydrogen-bond donors (Lipinski definition) is 0. The van der Waals surface area contributed by atoms with E-state index in [1.807, 2.05) is 6.92 Å². The van der Waals surface area contributed by atoms with E-state index < -0.39 is 15.9 Å². The third kappa shape index (κ3) is 4.47. The SMILES string of the molecule is CCCCOc1ccc(C(CC2C(=O)CC[C@]3(C)CCC[C@@H]23)[N+](=O)[O-])cc1[N+](=O)[O-]. The maximum Gasteiger partial charge on any atom is 0.311 e. The summed E-state index contributed by atoms with van der Waals surface area (Å²) >= 11 is 0. The molecule has 0 N–H and O–H groups in total. The molecule has 0 radical (unpaired) electrons. The molecule has 4 atom stereocenters. The summed E-state index contributed by atoms with van der Waals surface area (Å²) in [6.45, 7) is 4.54. The summed E-state index contributed by atoms with van der Waals surface area (Å²) in [6.07, 6.45) is 6.09. The standard InChI is InChI=1S/C22H30N2O6/c1-3-4-12-30-21-8-7-15(13-19(21)24(28)29)18(23(26)27)14-16-17-6-5-10-22(17,2)11-9-20(16)25/h7-8,13,16-18H,3-6,9-12,14H2,1-2H3/t16?,17-,18?,22-/m0/s1. The molecule has 0 spiro atoms. The molecule has 30 heavy (non-hydrogen) atoms. The fraction of sp³-hybridized carbons (Fsp3) is 0.682. The number of carbonyl (C=O) groups is 1. The molecule has 8 heteroatoms. The zero-order chi connectivity index (χ0) is 21.9. The van der Waals surface area contributed by atoms with Crippen LogP contribution in [0.3, 0.4) is 0 Å². The van der Waals surface area contributed by atoms with Gasteiger partial charge in [0.2, 0.25) is 6.04 Å². The molecule has 8 nitrogen and oxygen atoms in total. The van der Waals surface area contributed by atoms with Gasteiger partial charge < -0.3 is 4.74 Å². The van der Waals surface area contributed by atoms with Gasteiger partial charge in [-0.05, 0) is 49.1 Å². The molecule has 0 amide bonds. The molecule has 1 aromatic rings. The fourth-order valence-electron chi connectivity index (χ4n) is 5.29. The lowest BCUT2D eigenvalue weighted by Crippen LogP contribution is -2.40. The minimum absolute atomic E-state index is 0.0721. The van der Waals surface area contributed by atoms with Crippen LogP contribution in [0.1, 0.15) is 76.8 Å². The normalized spacial score (nSPS) is 26.8. The van der Waals surface area contributed by atoms with Crippen molar-refractivity contribution in [3.8, 4) is 5.75 Å². The average molecular weight is 418 g/mol. The van der Waals surface area contributed by atoms with Crippen LogP contribution < -0.4 is 4.74 Å². The van der Waals surface area contributed by atoms with E-state index in [1.165, 1.54) is 18.2 Å². The minimum Gasteiger partial charge on any atom is -0.487 e. The molecule has 2 fully saturated rings. The van der Waals surface area contributed by atoms with Gasteiger partial charge >= 0.3 is 5.69 Å². The second kappa shape index (κ2) is 9.10. The van der Waals surface area contributed by atoms with Crippen LogP contribution in [0.15, 0.2) is 18.2 Å². The maximum absolute atomic E-state index is 12.7. The molecular formula is C22H30N2O6. The Morgan fingerprint density at radius 3 is 2.70 bits per heavy atom. The molecule has 1 aromatic carbocycles. The summed E-state index contributed by atoms with van der Waals surface area (Å²) in [5.41, 5.74) is 0.0617. The highest BCUT2D eigenvalue weighted by molar-refractivity contribution is 5.82. The van der Waals surface area contributed by atoms with Gasteiger partial charge in [0.1, 0.15) is 5.78 Å². The van der Waals surface area contributed by atoms with E-state index in [0.717, 1.165) is 38.5 Å². The highest BCUT2D eigenvalue weighted by Crippen LogP contribution is 2.55. The number of rotatable bonds is 9. The van der Waals surface area contributed by atoms with Crippen LogP contribution in [-0.4, -0.2) is 22.2 Å². The van der Waals surface area contributed by atoms with E-state index in [-0.39, 0.29) is 46.5 Å². The van der Waals surface area contributed by atoms with Gasteiger partial charge in [0.05, 0.1) is 11.5 Å². The highest BCUT2D eigenvalue weighted by atomic mass is 16.6. The monoisotopic (exact) mass is 418 g/mol. The lowest BCUT2D eigenvalue weighted by atomic mass is 9.62. The number of unbranched alkanes of at least 4 members (excludes halogenated alkanes) is 1. The number of nitrogens with zero attached hydrogens (tertiary/aromatic N) is 2. The van der Waals surface area contributed by atoms with Gasteiger partial charge in [-0.3, -0.25) is 25.0 Å². The maximum atomic E-state index is 12.7. The summed E-state index contributed by atoms with van der Waals surface area (Å²) in [5, 5.41) is 23.5. The molecule has 0 aromatic heterocycles. The number of benzene rings is 1. The summed E-state index contributed by atoms with van der Waals surface area (Å²) in [6, 6.07) is 3.08. The van der Waals surface area contributed by atoms with Gasteiger partial charge in [0.15, 0.2) is 5.75 Å². The Kier molecular flexibility index (Phi) is 6.73. The van der Waals surface area contributed by atoms with E-state index in [1.54, 1.807) is 0 Å². The first-order valence-electron chi connectivity index (χ1n) is 10.8. The zero-order valence-corrected chi connectivity index (χ0v) is 17.7. The molecule has 0 saturated heterocycles. The van der Waals surface area contributed by atoms with Gasteiger partial charge in [0.25, 0.3) is 0 Å². The van der Waals surface area contributed by atoms with Crippen molar-refractivity contribution < 1.29 is 19.4 Å². The first-order chi connectivity index (χ1) is 14.3. The van der Waals surface area contributed by atoms with Crippen molar-refractivity contribution in [2.24, 2.45) is 17.3 Å². The van der Waals surface area contributed by atoms with Gasteiger partial charge in [-0.1, -0.05) is 26.7 Å². The Hall–Kier alpha value is -2.51. The molecule has 2 aliphatic rings. The minimum atomic E-state index is -1.15. The number of fused-ring (bicyclic) bond motifs is 1. The molecule has 2 aliphatic carbocycles. The Morgan fingerprint density at radius 1 is 1.27 bits per heavy atom. The summed E-state index contributed by atoms with van der Waals surface area (Å²) in [7, 11) is 0.